The van der Waals surface area contributed by atoms with Gasteiger partial charge < -0.3 is 5.11 Å². The fraction of sp³-hybridized carbons (Fsp3) is 0.280. The summed E-state index contributed by atoms with van der Waals surface area (Å²) in [5.41, 5.74) is 6.03. The Bertz CT molecular complexity index is 783. The van der Waals surface area contributed by atoms with Gasteiger partial charge >= 0.3 is 0 Å². The average molecular weight is 342 g/mol. The molecule has 0 atom stereocenters. The number of hydrogen-bond acceptors (Lipinski definition) is 1. The molecule has 1 nitrogen and oxygen atoms in total. The maximum absolute atomic E-state index is 11.0. The van der Waals surface area contributed by atoms with Crippen LogP contribution in [0.5, 0.6) is 5.75 Å². The van der Waals surface area contributed by atoms with Crippen LogP contribution >= 0.6 is 0 Å². The molecule has 4 rings (SSSR count). The van der Waals surface area contributed by atoms with Crippen LogP contribution in [-0.4, -0.2) is 5.11 Å². The van der Waals surface area contributed by atoms with E-state index >= 15 is 0 Å². The van der Waals surface area contributed by atoms with Gasteiger partial charge in [-0.05, 0) is 46.6 Å². The van der Waals surface area contributed by atoms with Crippen LogP contribution in [0.1, 0.15) is 59.4 Å². The molecule has 1 aliphatic carbocycles. The summed E-state index contributed by atoms with van der Waals surface area (Å²) >= 11 is 0. The summed E-state index contributed by atoms with van der Waals surface area (Å²) in [6, 6.07) is 25.4. The van der Waals surface area contributed by atoms with Crippen molar-refractivity contribution in [3.05, 3.63) is 101 Å². The van der Waals surface area contributed by atoms with Gasteiger partial charge in [-0.1, -0.05) is 85.6 Å². The Morgan fingerprint density at radius 3 is 1.62 bits per heavy atom. The van der Waals surface area contributed by atoms with Crippen LogP contribution in [-0.2, 0) is 12.8 Å². The number of hydrogen-bond donors (Lipinski definition) is 1. The lowest BCUT2D eigenvalue weighted by atomic mass is 9.89. The average Bonchev–Trinajstić information content (AvgIpc) is 3.21. The van der Waals surface area contributed by atoms with Gasteiger partial charge in [0, 0.05) is 12.8 Å². The van der Waals surface area contributed by atoms with Crippen LogP contribution in [0.3, 0.4) is 0 Å². The van der Waals surface area contributed by atoms with Crippen LogP contribution in [0.2, 0.25) is 0 Å². The maximum Gasteiger partial charge on any atom is 0.122 e. The molecule has 1 saturated carbocycles. The van der Waals surface area contributed by atoms with E-state index in [-0.39, 0.29) is 0 Å². The fourth-order valence-electron chi connectivity index (χ4n) is 4.18. The van der Waals surface area contributed by atoms with Crippen molar-refractivity contribution in [3.8, 4) is 5.75 Å². The first-order valence-electron chi connectivity index (χ1n) is 9.72. The highest BCUT2D eigenvalue weighted by Gasteiger charge is 2.20. The first-order valence-corrected chi connectivity index (χ1v) is 9.72. The van der Waals surface area contributed by atoms with Crippen molar-refractivity contribution < 1.29 is 5.11 Å². The van der Waals surface area contributed by atoms with Crippen molar-refractivity contribution in [2.24, 2.45) is 0 Å². The fourth-order valence-corrected chi connectivity index (χ4v) is 4.18. The van der Waals surface area contributed by atoms with Crippen LogP contribution < -0.4 is 0 Å². The van der Waals surface area contributed by atoms with Crippen molar-refractivity contribution >= 4 is 0 Å². The van der Waals surface area contributed by atoms with Crippen molar-refractivity contribution in [1.29, 1.82) is 0 Å². The van der Waals surface area contributed by atoms with Crippen LogP contribution in [0, 0.1) is 0 Å². The summed E-state index contributed by atoms with van der Waals surface area (Å²) in [5.74, 6) is 1.12. The zero-order chi connectivity index (χ0) is 17.8. The van der Waals surface area contributed by atoms with Crippen molar-refractivity contribution in [2.75, 3.05) is 0 Å². The minimum Gasteiger partial charge on any atom is -0.507 e. The molecule has 0 aromatic heterocycles. The molecule has 3 aromatic rings. The third-order valence-electron chi connectivity index (χ3n) is 5.59. The van der Waals surface area contributed by atoms with E-state index < -0.39 is 0 Å². The van der Waals surface area contributed by atoms with Gasteiger partial charge in [-0.15, -0.1) is 0 Å². The Hall–Kier alpha value is -2.54. The summed E-state index contributed by atoms with van der Waals surface area (Å²) in [5, 5.41) is 11.0. The van der Waals surface area contributed by atoms with E-state index in [1.165, 1.54) is 42.4 Å². The van der Waals surface area contributed by atoms with Gasteiger partial charge in [0.05, 0.1) is 0 Å². The monoisotopic (exact) mass is 342 g/mol. The molecule has 0 heterocycles. The quantitative estimate of drug-likeness (QED) is 0.582. The molecule has 0 spiro atoms. The van der Waals surface area contributed by atoms with E-state index in [0.717, 1.165) is 24.0 Å². The van der Waals surface area contributed by atoms with Crippen molar-refractivity contribution in [3.63, 3.8) is 0 Å². The first-order chi connectivity index (χ1) is 12.8. The van der Waals surface area contributed by atoms with E-state index in [4.69, 9.17) is 0 Å². The van der Waals surface area contributed by atoms with Gasteiger partial charge in [-0.2, -0.15) is 0 Å². The number of phenolic OH excluding ortho intramolecular Hbond substituents is 1. The molecule has 0 unspecified atom stereocenters. The molecule has 0 saturated heterocycles. The van der Waals surface area contributed by atoms with E-state index in [2.05, 4.69) is 60.7 Å². The smallest absolute Gasteiger partial charge is 0.122 e. The molecule has 132 valence electrons. The molecule has 1 fully saturated rings. The summed E-state index contributed by atoms with van der Waals surface area (Å²) in [6.07, 6.45) is 6.78. The van der Waals surface area contributed by atoms with E-state index in [0.29, 0.717) is 11.7 Å². The van der Waals surface area contributed by atoms with Crippen LogP contribution in [0.15, 0.2) is 72.8 Å². The largest absolute Gasteiger partial charge is 0.507 e. The molecule has 1 N–H and O–H groups in total. The predicted molar refractivity (Wildman–Crippen MR) is 108 cm³/mol. The molecule has 26 heavy (non-hydrogen) atoms. The Morgan fingerprint density at radius 2 is 1.15 bits per heavy atom. The van der Waals surface area contributed by atoms with Gasteiger partial charge in [-0.25, -0.2) is 0 Å². The zero-order valence-electron chi connectivity index (χ0n) is 15.2. The number of phenols is 1. The molecule has 1 aliphatic rings. The van der Waals surface area contributed by atoms with Gasteiger partial charge in [-0.3, -0.25) is 0 Å². The highest BCUT2D eigenvalue weighted by atomic mass is 16.3. The lowest BCUT2D eigenvalue weighted by Crippen LogP contribution is -2.00. The number of aromatic hydroxyl groups is 1. The molecule has 3 aromatic carbocycles. The molecule has 0 bridgehead atoms. The molecular formula is C25H26O. The highest BCUT2D eigenvalue weighted by molar-refractivity contribution is 5.48. The standard InChI is InChI=1S/C25H26O/c26-25-23(15-19-9-3-1-4-10-19)17-22(21-13-7-8-14-21)18-24(25)16-20-11-5-2-6-12-20/h1-6,9-12,17-18,21,26H,7-8,13-16H2. The maximum atomic E-state index is 11.0. The second-order valence-corrected chi connectivity index (χ2v) is 7.49. The van der Waals surface area contributed by atoms with E-state index in [1.54, 1.807) is 0 Å². The second kappa shape index (κ2) is 7.78. The Balaban J connectivity index is 1.71. The summed E-state index contributed by atoms with van der Waals surface area (Å²) in [4.78, 5) is 0. The van der Waals surface area contributed by atoms with Crippen molar-refractivity contribution in [1.82, 2.24) is 0 Å². The van der Waals surface area contributed by atoms with E-state index in [9.17, 15) is 5.11 Å². The van der Waals surface area contributed by atoms with Gasteiger partial charge in [0.2, 0.25) is 0 Å². The third kappa shape index (κ3) is 3.83. The lowest BCUT2D eigenvalue weighted by molar-refractivity contribution is 0.463. The normalized spacial score (nSPS) is 14.6. The van der Waals surface area contributed by atoms with Gasteiger partial charge in [0.25, 0.3) is 0 Å². The predicted octanol–water partition coefficient (Wildman–Crippen LogP) is 6.23. The molecule has 0 aliphatic heterocycles. The number of rotatable bonds is 5. The summed E-state index contributed by atoms with van der Waals surface area (Å²) in [7, 11) is 0. The summed E-state index contributed by atoms with van der Waals surface area (Å²) in [6.45, 7) is 0. The molecule has 0 amide bonds. The Kier molecular flexibility index (Phi) is 5.06. The molecule has 1 heteroatoms. The van der Waals surface area contributed by atoms with Gasteiger partial charge in [0.1, 0.15) is 5.75 Å². The topological polar surface area (TPSA) is 20.2 Å². The zero-order valence-corrected chi connectivity index (χ0v) is 15.2. The second-order valence-electron chi connectivity index (χ2n) is 7.49. The van der Waals surface area contributed by atoms with Crippen LogP contribution in [0.25, 0.3) is 0 Å². The minimum atomic E-state index is 0.472. The first kappa shape index (κ1) is 16.9. The SMILES string of the molecule is Oc1c(Cc2ccccc2)cc(C2CCCC2)cc1Cc1ccccc1. The molecule has 0 radical (unpaired) electrons. The lowest BCUT2D eigenvalue weighted by Gasteiger charge is -2.17. The Labute approximate surface area is 156 Å². The molecular weight excluding hydrogens is 316 g/mol. The van der Waals surface area contributed by atoms with Crippen LogP contribution in [0.4, 0.5) is 0 Å². The highest BCUT2D eigenvalue weighted by Crippen LogP contribution is 2.38. The minimum absolute atomic E-state index is 0.472. The number of benzene rings is 3. The Morgan fingerprint density at radius 1 is 0.692 bits per heavy atom. The van der Waals surface area contributed by atoms with Crippen molar-refractivity contribution in [2.45, 2.75) is 44.4 Å². The summed E-state index contributed by atoms with van der Waals surface area (Å²) < 4.78 is 0. The van der Waals surface area contributed by atoms with E-state index in [1.807, 2.05) is 12.1 Å². The van der Waals surface area contributed by atoms with Gasteiger partial charge in [0.15, 0.2) is 0 Å². The third-order valence-corrected chi connectivity index (χ3v) is 5.59.